The van der Waals surface area contributed by atoms with Crippen LogP contribution in [0.2, 0.25) is 0 Å². The first kappa shape index (κ1) is 23.7. The number of aromatic nitrogens is 4. The maximum atomic E-state index is 13.6. The van der Waals surface area contributed by atoms with E-state index in [0.29, 0.717) is 35.5 Å². The zero-order valence-corrected chi connectivity index (χ0v) is 22.5. The molecule has 2 aliphatic carbocycles. The summed E-state index contributed by atoms with van der Waals surface area (Å²) in [6.45, 7) is 5.70. The van der Waals surface area contributed by atoms with Crippen molar-refractivity contribution in [3.05, 3.63) is 47.3 Å². The predicted molar refractivity (Wildman–Crippen MR) is 148 cm³/mol. The highest BCUT2D eigenvalue weighted by Gasteiger charge is 2.31. The Bertz CT molecular complexity index is 1560. The summed E-state index contributed by atoms with van der Waals surface area (Å²) in [5.74, 6) is 1.90. The second kappa shape index (κ2) is 8.83. The molecule has 3 fully saturated rings. The Balaban J connectivity index is 1.35. The lowest BCUT2D eigenvalue weighted by molar-refractivity contribution is 0.0612. The van der Waals surface area contributed by atoms with E-state index in [9.17, 15) is 4.79 Å². The Labute approximate surface area is 222 Å². The normalized spacial score (nSPS) is 21.9. The summed E-state index contributed by atoms with van der Waals surface area (Å²) in [6.07, 6.45) is 6.88. The fraction of sp³-hybridized carbons (Fsp3) is 0.500. The summed E-state index contributed by atoms with van der Waals surface area (Å²) in [5, 5.41) is 1.15. The van der Waals surface area contributed by atoms with Crippen molar-refractivity contribution < 1.29 is 9.53 Å². The van der Waals surface area contributed by atoms with Gasteiger partial charge >= 0.3 is 0 Å². The number of amides is 1. The van der Waals surface area contributed by atoms with E-state index in [1.54, 1.807) is 7.11 Å². The van der Waals surface area contributed by atoms with Gasteiger partial charge in [-0.05, 0) is 82.6 Å². The van der Waals surface area contributed by atoms with Crippen molar-refractivity contribution in [2.45, 2.75) is 76.9 Å². The number of imidazole rings is 1. The summed E-state index contributed by atoms with van der Waals surface area (Å²) in [4.78, 5) is 25.7. The van der Waals surface area contributed by atoms with Crippen LogP contribution in [0.1, 0.15) is 73.1 Å². The number of rotatable bonds is 6. The molecule has 1 aliphatic heterocycles. The minimum absolute atomic E-state index is 0.0171. The number of fused-ring (bicyclic) bond motifs is 2. The molecule has 8 heteroatoms. The molecule has 3 aliphatic rings. The third-order valence-corrected chi connectivity index (χ3v) is 8.69. The Morgan fingerprint density at radius 1 is 1.08 bits per heavy atom. The average molecular weight is 513 g/mol. The van der Waals surface area contributed by atoms with Gasteiger partial charge in [-0.15, -0.1) is 0 Å². The quantitative estimate of drug-likeness (QED) is 0.397. The Morgan fingerprint density at radius 2 is 1.89 bits per heavy atom. The zero-order chi connectivity index (χ0) is 26.1. The number of aryl methyl sites for hydroxylation is 1. The topological polar surface area (TPSA) is 90.7 Å². The minimum Gasteiger partial charge on any atom is -0.482 e. The highest BCUT2D eigenvalue weighted by atomic mass is 16.5. The molecule has 38 heavy (non-hydrogen) atoms. The molecule has 1 saturated heterocycles. The average Bonchev–Trinajstić information content (AvgIpc) is 3.85. The standard InChI is InChI=1S/C30H36N6O2/c1-17-4-10-23(31)16-34(17)30(37)22-13-26-33-28(18(2)36(26)27(14-22)38-3)25-12-21-9-11-24(20-7-8-20)32-29(21)35(25)15-19-5-6-19/h9,11-14,17,19-20,23H,4-8,10,15-16,31H2,1-3H3/t17-,23+/m0/s1. The maximum Gasteiger partial charge on any atom is 0.254 e. The van der Waals surface area contributed by atoms with Crippen LogP contribution in [-0.4, -0.2) is 55.5 Å². The molecule has 8 nitrogen and oxygen atoms in total. The van der Waals surface area contributed by atoms with Crippen molar-refractivity contribution in [3.63, 3.8) is 0 Å². The lowest BCUT2D eigenvalue weighted by Gasteiger charge is -2.36. The van der Waals surface area contributed by atoms with Gasteiger partial charge < -0.3 is 19.9 Å². The SMILES string of the molecule is COc1cc(C(=O)N2C[C@H](N)CC[C@@H]2C)cc2nc(-c3cc4ccc(C5CC5)nc4n3CC3CC3)c(C)n12. The zero-order valence-electron chi connectivity index (χ0n) is 22.5. The first-order valence-corrected chi connectivity index (χ1v) is 14.1. The summed E-state index contributed by atoms with van der Waals surface area (Å²) in [7, 11) is 1.65. The summed E-state index contributed by atoms with van der Waals surface area (Å²) in [6, 6.07) is 10.5. The number of ether oxygens (including phenoxy) is 1. The van der Waals surface area contributed by atoms with Crippen LogP contribution in [0.5, 0.6) is 5.88 Å². The van der Waals surface area contributed by atoms with Gasteiger partial charge in [0.1, 0.15) is 17.0 Å². The summed E-state index contributed by atoms with van der Waals surface area (Å²) >= 11 is 0. The molecular formula is C30H36N6O2. The number of hydrogen-bond acceptors (Lipinski definition) is 5. The number of hydrogen-bond donors (Lipinski definition) is 1. The number of methoxy groups -OCH3 is 1. The highest BCUT2D eigenvalue weighted by molar-refractivity contribution is 5.96. The van der Waals surface area contributed by atoms with Crippen LogP contribution >= 0.6 is 0 Å². The van der Waals surface area contributed by atoms with Crippen LogP contribution in [0.4, 0.5) is 0 Å². The van der Waals surface area contributed by atoms with Crippen LogP contribution in [0.15, 0.2) is 30.3 Å². The molecule has 4 aromatic heterocycles. The number of nitrogens with zero attached hydrogens (tertiary/aromatic N) is 5. The van der Waals surface area contributed by atoms with Crippen molar-refractivity contribution in [1.29, 1.82) is 0 Å². The van der Waals surface area contributed by atoms with Gasteiger partial charge in [0.25, 0.3) is 5.91 Å². The van der Waals surface area contributed by atoms with Crippen molar-refractivity contribution in [2.24, 2.45) is 11.7 Å². The van der Waals surface area contributed by atoms with E-state index >= 15 is 0 Å². The van der Waals surface area contributed by atoms with E-state index in [1.165, 1.54) is 31.4 Å². The van der Waals surface area contributed by atoms with Crippen LogP contribution in [0, 0.1) is 12.8 Å². The number of likely N-dealkylation sites (tertiary alicyclic amines) is 1. The van der Waals surface area contributed by atoms with Crippen LogP contribution in [0.25, 0.3) is 28.1 Å². The Kier molecular flexibility index (Phi) is 5.51. The van der Waals surface area contributed by atoms with Gasteiger partial charge in [0.05, 0.1) is 18.5 Å². The van der Waals surface area contributed by atoms with Gasteiger partial charge in [-0.2, -0.15) is 0 Å². The van der Waals surface area contributed by atoms with E-state index in [-0.39, 0.29) is 18.0 Å². The number of pyridine rings is 2. The van der Waals surface area contributed by atoms with Crippen molar-refractivity contribution in [2.75, 3.05) is 13.7 Å². The number of carbonyl (C=O) groups is 1. The van der Waals surface area contributed by atoms with Crippen LogP contribution in [0.3, 0.4) is 0 Å². The molecule has 0 spiro atoms. The second-order valence-corrected chi connectivity index (χ2v) is 11.7. The largest absolute Gasteiger partial charge is 0.482 e. The molecule has 2 atom stereocenters. The van der Waals surface area contributed by atoms with E-state index in [2.05, 4.69) is 36.6 Å². The highest BCUT2D eigenvalue weighted by Crippen LogP contribution is 2.41. The summed E-state index contributed by atoms with van der Waals surface area (Å²) < 4.78 is 10.2. The smallest absolute Gasteiger partial charge is 0.254 e. The van der Waals surface area contributed by atoms with Crippen LogP contribution < -0.4 is 10.5 Å². The Hall–Kier alpha value is -3.39. The van der Waals surface area contributed by atoms with E-state index in [1.807, 2.05) is 21.4 Å². The summed E-state index contributed by atoms with van der Waals surface area (Å²) in [5.41, 5.74) is 12.8. The van der Waals surface area contributed by atoms with Gasteiger partial charge in [-0.25, -0.2) is 9.97 Å². The first-order chi connectivity index (χ1) is 18.4. The molecule has 4 aromatic rings. The fourth-order valence-corrected chi connectivity index (χ4v) is 6.06. The lowest BCUT2D eigenvalue weighted by Crippen LogP contribution is -2.50. The van der Waals surface area contributed by atoms with Crippen molar-refractivity contribution in [1.82, 2.24) is 23.8 Å². The molecule has 198 valence electrons. The number of nitrogens with two attached hydrogens (primary N) is 1. The lowest BCUT2D eigenvalue weighted by atomic mass is 9.99. The molecule has 0 radical (unpaired) electrons. The third-order valence-electron chi connectivity index (χ3n) is 8.69. The molecular weight excluding hydrogens is 476 g/mol. The van der Waals surface area contributed by atoms with E-state index in [4.69, 9.17) is 20.4 Å². The van der Waals surface area contributed by atoms with Gasteiger partial charge in [-0.3, -0.25) is 9.20 Å². The minimum atomic E-state index is -0.0182. The predicted octanol–water partition coefficient (Wildman–Crippen LogP) is 4.91. The molecule has 0 unspecified atom stereocenters. The second-order valence-electron chi connectivity index (χ2n) is 11.7. The van der Waals surface area contributed by atoms with E-state index < -0.39 is 0 Å². The monoisotopic (exact) mass is 512 g/mol. The molecule has 2 saturated carbocycles. The molecule has 5 heterocycles. The van der Waals surface area contributed by atoms with Gasteiger partial charge in [0.15, 0.2) is 5.88 Å². The molecule has 7 rings (SSSR count). The fourth-order valence-electron chi connectivity index (χ4n) is 6.06. The first-order valence-electron chi connectivity index (χ1n) is 14.1. The number of carbonyl (C=O) groups excluding carboxylic acids is 1. The van der Waals surface area contributed by atoms with Gasteiger partial charge in [0, 0.05) is 53.8 Å². The molecule has 0 bridgehead atoms. The Morgan fingerprint density at radius 3 is 2.63 bits per heavy atom. The molecule has 1 amide bonds. The van der Waals surface area contributed by atoms with Crippen LogP contribution in [-0.2, 0) is 6.54 Å². The van der Waals surface area contributed by atoms with E-state index in [0.717, 1.165) is 47.5 Å². The molecule has 0 aromatic carbocycles. The van der Waals surface area contributed by atoms with Crippen molar-refractivity contribution >= 4 is 22.6 Å². The van der Waals surface area contributed by atoms with Gasteiger partial charge in [-0.1, -0.05) is 0 Å². The maximum absolute atomic E-state index is 13.6. The van der Waals surface area contributed by atoms with Crippen molar-refractivity contribution in [3.8, 4) is 17.3 Å². The molecule has 2 N–H and O–H groups in total. The number of piperidine rings is 1. The third kappa shape index (κ3) is 3.97. The van der Waals surface area contributed by atoms with Gasteiger partial charge in [0.2, 0.25) is 0 Å².